The van der Waals surface area contributed by atoms with Gasteiger partial charge in [-0.25, -0.2) is 13.1 Å². The first-order valence-corrected chi connectivity index (χ1v) is 11.5. The van der Waals surface area contributed by atoms with Crippen molar-refractivity contribution in [1.29, 1.82) is 0 Å². The molecule has 0 saturated carbocycles. The molecule has 28 heavy (non-hydrogen) atoms. The minimum Gasteiger partial charge on any atom is -0.378 e. The minimum atomic E-state index is -3.51. The molecule has 2 aliphatic rings. The number of hydrogen-bond donors (Lipinski definition) is 2. The number of rotatable bonds is 5. The van der Waals surface area contributed by atoms with Crippen LogP contribution in [0.1, 0.15) is 55.3 Å². The van der Waals surface area contributed by atoms with Crippen LogP contribution in [0.4, 0.5) is 5.69 Å². The molecule has 1 aliphatic heterocycles. The monoisotopic (exact) mass is 396 g/mol. The zero-order chi connectivity index (χ0) is 19.9. The van der Waals surface area contributed by atoms with Crippen molar-refractivity contribution in [1.82, 2.24) is 4.72 Å². The lowest BCUT2D eigenvalue weighted by Gasteiger charge is -2.37. The second-order valence-corrected chi connectivity index (χ2v) is 9.78. The fraction of sp³-hybridized carbons (Fsp3) is 0.391. The summed E-state index contributed by atoms with van der Waals surface area (Å²) in [5.41, 5.74) is 4.64. The molecular weight excluding hydrogens is 368 g/mol. The average Bonchev–Trinajstić information content (AvgIpc) is 3.17. The third-order valence-electron chi connectivity index (χ3n) is 6.05. The lowest BCUT2D eigenvalue weighted by molar-refractivity contribution is 0.425. The molecule has 2 N–H and O–H groups in total. The van der Waals surface area contributed by atoms with Gasteiger partial charge in [0.15, 0.2) is 0 Å². The molecule has 0 bridgehead atoms. The summed E-state index contributed by atoms with van der Waals surface area (Å²) in [7, 11) is -3.51. The maximum atomic E-state index is 12.7. The van der Waals surface area contributed by atoms with Gasteiger partial charge in [-0.2, -0.15) is 0 Å². The number of allylic oxidation sites excluding steroid dienone is 2. The Hall–Kier alpha value is -2.11. The van der Waals surface area contributed by atoms with Gasteiger partial charge in [0.2, 0.25) is 10.0 Å². The summed E-state index contributed by atoms with van der Waals surface area (Å²) >= 11 is 0. The van der Waals surface area contributed by atoms with Gasteiger partial charge in [0.25, 0.3) is 0 Å². The zero-order valence-electron chi connectivity index (χ0n) is 16.6. The van der Waals surface area contributed by atoms with E-state index in [9.17, 15) is 8.42 Å². The molecule has 2 aromatic carbocycles. The van der Waals surface area contributed by atoms with E-state index >= 15 is 0 Å². The van der Waals surface area contributed by atoms with Crippen molar-refractivity contribution in [2.75, 3.05) is 5.32 Å². The molecular formula is C23H28N2O2S. The van der Waals surface area contributed by atoms with Crippen LogP contribution in [0, 0.1) is 12.8 Å². The molecule has 0 spiro atoms. The van der Waals surface area contributed by atoms with Crippen LogP contribution in [-0.2, 0) is 10.0 Å². The molecule has 0 aromatic heterocycles. The number of nitrogens with one attached hydrogen (secondary N) is 2. The number of aryl methyl sites for hydroxylation is 1. The van der Waals surface area contributed by atoms with Gasteiger partial charge in [0, 0.05) is 17.6 Å². The first-order valence-electron chi connectivity index (χ1n) is 10.0. The lowest BCUT2D eigenvalue weighted by atomic mass is 9.77. The van der Waals surface area contributed by atoms with E-state index in [1.807, 2.05) is 26.0 Å². The Bertz CT molecular complexity index is 996. The van der Waals surface area contributed by atoms with E-state index in [1.54, 1.807) is 6.07 Å². The molecule has 1 aliphatic carbocycles. The normalized spacial score (nSPS) is 24.3. The van der Waals surface area contributed by atoms with Gasteiger partial charge in [-0.1, -0.05) is 48.9 Å². The molecule has 148 valence electrons. The van der Waals surface area contributed by atoms with E-state index in [4.69, 9.17) is 0 Å². The lowest BCUT2D eigenvalue weighted by Crippen LogP contribution is -2.33. The highest BCUT2D eigenvalue weighted by atomic mass is 32.2. The van der Waals surface area contributed by atoms with Crippen LogP contribution in [0.2, 0.25) is 0 Å². The first kappa shape index (κ1) is 19.2. The fourth-order valence-corrected chi connectivity index (χ4v) is 5.62. The van der Waals surface area contributed by atoms with Crippen molar-refractivity contribution < 1.29 is 8.42 Å². The Kier molecular flexibility index (Phi) is 5.06. The van der Waals surface area contributed by atoms with Gasteiger partial charge in [0.05, 0.1) is 10.9 Å². The maximum absolute atomic E-state index is 12.7. The van der Waals surface area contributed by atoms with E-state index in [-0.39, 0.29) is 18.0 Å². The topological polar surface area (TPSA) is 58.2 Å². The number of fused-ring (bicyclic) bond motifs is 3. The second-order valence-electron chi connectivity index (χ2n) is 8.07. The Morgan fingerprint density at radius 3 is 2.64 bits per heavy atom. The molecule has 0 saturated heterocycles. The quantitative estimate of drug-likeness (QED) is 0.707. The summed E-state index contributed by atoms with van der Waals surface area (Å²) < 4.78 is 28.3. The Morgan fingerprint density at radius 1 is 1.18 bits per heavy atom. The zero-order valence-corrected chi connectivity index (χ0v) is 17.5. The van der Waals surface area contributed by atoms with Crippen molar-refractivity contribution >= 4 is 15.7 Å². The van der Waals surface area contributed by atoms with E-state index < -0.39 is 10.0 Å². The minimum absolute atomic E-state index is 0.0794. The Morgan fingerprint density at radius 2 is 1.93 bits per heavy atom. The van der Waals surface area contributed by atoms with Crippen LogP contribution in [0.15, 0.2) is 59.5 Å². The van der Waals surface area contributed by atoms with Gasteiger partial charge >= 0.3 is 0 Å². The summed E-state index contributed by atoms with van der Waals surface area (Å²) in [6.45, 7) is 5.96. The molecule has 0 amide bonds. The highest BCUT2D eigenvalue weighted by Gasteiger charge is 2.38. The van der Waals surface area contributed by atoms with Crippen molar-refractivity contribution in [3.8, 4) is 0 Å². The summed E-state index contributed by atoms with van der Waals surface area (Å²) in [4.78, 5) is 0.348. The molecule has 0 fully saturated rings. The molecule has 2 aromatic rings. The van der Waals surface area contributed by atoms with Crippen LogP contribution >= 0.6 is 0 Å². The van der Waals surface area contributed by atoms with E-state index in [1.165, 1.54) is 11.1 Å². The predicted octanol–water partition coefficient (Wildman–Crippen LogP) is 4.90. The third kappa shape index (κ3) is 3.49. The van der Waals surface area contributed by atoms with E-state index in [2.05, 4.69) is 53.4 Å². The molecule has 4 unspecified atom stereocenters. The summed E-state index contributed by atoms with van der Waals surface area (Å²) in [5.74, 6) is 0.636. The molecule has 0 radical (unpaired) electrons. The van der Waals surface area contributed by atoms with E-state index in [0.717, 1.165) is 24.1 Å². The van der Waals surface area contributed by atoms with Gasteiger partial charge in [-0.05, 0) is 61.9 Å². The van der Waals surface area contributed by atoms with E-state index in [0.29, 0.717) is 10.8 Å². The molecule has 4 atom stereocenters. The highest BCUT2D eigenvalue weighted by Crippen LogP contribution is 2.50. The van der Waals surface area contributed by atoms with Crippen LogP contribution < -0.4 is 10.0 Å². The second kappa shape index (κ2) is 7.37. The summed E-state index contributed by atoms with van der Waals surface area (Å²) in [6.07, 6.45) is 6.23. The standard InChI is InChI=1S/C23H28N2O2S/c1-4-16(3)25-28(26,27)18-12-13-22-21(14-18)19-6-5-7-20(19)23(24-22)17-10-8-15(2)9-11-17/h5-6,8-14,16,19-20,23-25H,4,7H2,1-3H3. The SMILES string of the molecule is CCC(C)NS(=O)(=O)c1ccc2c(c1)C1C=CCC1C(c1ccc(C)cc1)N2. The first-order chi connectivity index (χ1) is 13.4. The smallest absolute Gasteiger partial charge is 0.240 e. The molecule has 1 heterocycles. The number of sulfonamides is 1. The third-order valence-corrected chi connectivity index (χ3v) is 7.64. The van der Waals surface area contributed by atoms with Crippen LogP contribution in [0.25, 0.3) is 0 Å². The number of anilines is 1. The van der Waals surface area contributed by atoms with Gasteiger partial charge in [0.1, 0.15) is 0 Å². The largest absolute Gasteiger partial charge is 0.378 e. The number of benzene rings is 2. The van der Waals surface area contributed by atoms with Crippen molar-refractivity contribution in [2.24, 2.45) is 5.92 Å². The van der Waals surface area contributed by atoms with Crippen molar-refractivity contribution in [3.05, 3.63) is 71.3 Å². The average molecular weight is 397 g/mol. The fourth-order valence-electron chi connectivity index (χ4n) is 4.26. The number of hydrogen-bond acceptors (Lipinski definition) is 3. The molecule has 4 nitrogen and oxygen atoms in total. The van der Waals surface area contributed by atoms with Crippen molar-refractivity contribution in [3.63, 3.8) is 0 Å². The van der Waals surface area contributed by atoms with Crippen LogP contribution in [-0.4, -0.2) is 14.5 Å². The van der Waals surface area contributed by atoms with Crippen LogP contribution in [0.5, 0.6) is 0 Å². The maximum Gasteiger partial charge on any atom is 0.240 e. The van der Waals surface area contributed by atoms with Gasteiger partial charge in [-0.15, -0.1) is 0 Å². The Labute approximate surface area is 168 Å². The van der Waals surface area contributed by atoms with Crippen LogP contribution in [0.3, 0.4) is 0 Å². The summed E-state index contributed by atoms with van der Waals surface area (Å²) in [6, 6.07) is 14.3. The van der Waals surface area contributed by atoms with Gasteiger partial charge in [-0.3, -0.25) is 0 Å². The summed E-state index contributed by atoms with van der Waals surface area (Å²) in [5, 5.41) is 3.68. The van der Waals surface area contributed by atoms with Crippen molar-refractivity contribution in [2.45, 2.75) is 56.5 Å². The van der Waals surface area contributed by atoms with Gasteiger partial charge < -0.3 is 5.32 Å². The molecule has 4 rings (SSSR count). The Balaban J connectivity index is 1.70. The predicted molar refractivity (Wildman–Crippen MR) is 114 cm³/mol. The molecule has 5 heteroatoms. The highest BCUT2D eigenvalue weighted by molar-refractivity contribution is 7.89.